The van der Waals surface area contributed by atoms with E-state index in [4.69, 9.17) is 11.6 Å². The standard InChI is InChI=1S/C19H15ClFN3O2/c1-10-23-18(19(25)26)16-9-22-17(12-4-2-3-5-14(12)21)13-8-11(20)6-7-15(13)24(10)16/h2-8,17,22H,9H2,1H3,(H,25,26). The molecule has 2 heterocycles. The van der Waals surface area contributed by atoms with E-state index in [0.29, 0.717) is 22.1 Å². The number of halogens is 2. The first-order chi connectivity index (χ1) is 12.5. The first-order valence-corrected chi connectivity index (χ1v) is 8.44. The van der Waals surface area contributed by atoms with Crippen LogP contribution in [0, 0.1) is 12.7 Å². The molecule has 0 aliphatic carbocycles. The Kier molecular flexibility index (Phi) is 4.01. The summed E-state index contributed by atoms with van der Waals surface area (Å²) in [6, 6.07) is 11.4. The lowest BCUT2D eigenvalue weighted by Crippen LogP contribution is -2.22. The van der Waals surface area contributed by atoms with Crippen molar-refractivity contribution in [2.75, 3.05) is 0 Å². The van der Waals surface area contributed by atoms with Gasteiger partial charge in [-0.05, 0) is 36.8 Å². The lowest BCUT2D eigenvalue weighted by Gasteiger charge is -2.20. The number of hydrogen-bond acceptors (Lipinski definition) is 3. The minimum absolute atomic E-state index is 0.00918. The van der Waals surface area contributed by atoms with E-state index in [1.165, 1.54) is 6.07 Å². The molecule has 2 aromatic carbocycles. The first kappa shape index (κ1) is 16.8. The van der Waals surface area contributed by atoms with Gasteiger partial charge in [0, 0.05) is 17.1 Å². The van der Waals surface area contributed by atoms with E-state index in [1.54, 1.807) is 41.8 Å². The number of aryl methyl sites for hydroxylation is 1. The summed E-state index contributed by atoms with van der Waals surface area (Å²) in [4.78, 5) is 15.8. The maximum Gasteiger partial charge on any atom is 0.356 e. The Morgan fingerprint density at radius 2 is 2.08 bits per heavy atom. The Hall–Kier alpha value is -2.70. The zero-order valence-electron chi connectivity index (χ0n) is 13.8. The minimum Gasteiger partial charge on any atom is -0.476 e. The van der Waals surface area contributed by atoms with Crippen LogP contribution in [0.4, 0.5) is 4.39 Å². The van der Waals surface area contributed by atoms with Gasteiger partial charge in [0.15, 0.2) is 5.69 Å². The van der Waals surface area contributed by atoms with Crippen molar-refractivity contribution in [3.8, 4) is 5.69 Å². The van der Waals surface area contributed by atoms with Gasteiger partial charge in [0.1, 0.15) is 11.6 Å². The van der Waals surface area contributed by atoms with Gasteiger partial charge in [-0.3, -0.25) is 4.57 Å². The number of hydrogen-bond donors (Lipinski definition) is 2. The molecule has 0 saturated carbocycles. The molecule has 132 valence electrons. The number of carboxylic acid groups (broad SMARTS) is 1. The summed E-state index contributed by atoms with van der Waals surface area (Å²) in [5.74, 6) is -0.878. The van der Waals surface area contributed by atoms with Gasteiger partial charge in [0.05, 0.1) is 17.4 Å². The van der Waals surface area contributed by atoms with E-state index in [0.717, 1.165) is 11.3 Å². The van der Waals surface area contributed by atoms with Crippen molar-refractivity contribution < 1.29 is 14.3 Å². The van der Waals surface area contributed by atoms with Crippen LogP contribution in [-0.2, 0) is 6.54 Å². The number of carbonyl (C=O) groups is 1. The molecule has 4 rings (SSSR count). The highest BCUT2D eigenvalue weighted by Crippen LogP contribution is 2.35. The number of nitrogens with zero attached hydrogens (tertiary/aromatic N) is 2. The monoisotopic (exact) mass is 371 g/mol. The average molecular weight is 372 g/mol. The number of imidazole rings is 1. The maximum atomic E-state index is 14.5. The molecule has 1 aliphatic rings. The Labute approximate surface area is 154 Å². The van der Waals surface area contributed by atoms with Gasteiger partial charge in [0.25, 0.3) is 0 Å². The third kappa shape index (κ3) is 2.58. The highest BCUT2D eigenvalue weighted by molar-refractivity contribution is 6.30. The average Bonchev–Trinajstić information content (AvgIpc) is 2.84. The SMILES string of the molecule is Cc1nc(C(=O)O)c2n1-c1ccc(Cl)cc1C(c1ccccc1F)NC2. The molecule has 7 heteroatoms. The fourth-order valence-corrected chi connectivity index (χ4v) is 3.67. The maximum absolute atomic E-state index is 14.5. The van der Waals surface area contributed by atoms with Gasteiger partial charge in [-0.2, -0.15) is 0 Å². The second-order valence-corrected chi connectivity index (χ2v) is 6.57. The molecule has 0 amide bonds. The summed E-state index contributed by atoms with van der Waals surface area (Å²) in [7, 11) is 0. The summed E-state index contributed by atoms with van der Waals surface area (Å²) in [5.41, 5.74) is 2.49. The smallest absolute Gasteiger partial charge is 0.356 e. The molecule has 2 N–H and O–H groups in total. The zero-order valence-corrected chi connectivity index (χ0v) is 14.6. The molecule has 0 spiro atoms. The molecule has 1 aliphatic heterocycles. The largest absolute Gasteiger partial charge is 0.476 e. The van der Waals surface area contributed by atoms with Gasteiger partial charge in [0.2, 0.25) is 0 Å². The van der Waals surface area contributed by atoms with Crippen molar-refractivity contribution in [3.63, 3.8) is 0 Å². The van der Waals surface area contributed by atoms with Crippen molar-refractivity contribution in [2.45, 2.75) is 19.5 Å². The van der Waals surface area contributed by atoms with E-state index in [-0.39, 0.29) is 18.1 Å². The normalized spacial score (nSPS) is 15.9. The predicted molar refractivity (Wildman–Crippen MR) is 95.4 cm³/mol. The van der Waals surface area contributed by atoms with Crippen LogP contribution in [-0.4, -0.2) is 20.6 Å². The molecular formula is C19H15ClFN3O2. The Morgan fingerprint density at radius 3 is 2.81 bits per heavy atom. The molecule has 5 nitrogen and oxygen atoms in total. The van der Waals surface area contributed by atoms with E-state index in [2.05, 4.69) is 10.3 Å². The van der Waals surface area contributed by atoms with Crippen molar-refractivity contribution in [3.05, 3.63) is 81.6 Å². The third-order valence-corrected chi connectivity index (χ3v) is 4.81. The Balaban J connectivity index is 1.99. The highest BCUT2D eigenvalue weighted by atomic mass is 35.5. The van der Waals surface area contributed by atoms with Gasteiger partial charge in [-0.1, -0.05) is 29.8 Å². The van der Waals surface area contributed by atoms with E-state index < -0.39 is 12.0 Å². The van der Waals surface area contributed by atoms with Crippen LogP contribution in [0.3, 0.4) is 0 Å². The van der Waals surface area contributed by atoms with Crippen LogP contribution in [0.2, 0.25) is 5.02 Å². The van der Waals surface area contributed by atoms with Gasteiger partial charge < -0.3 is 10.4 Å². The van der Waals surface area contributed by atoms with Crippen LogP contribution in [0.15, 0.2) is 42.5 Å². The summed E-state index contributed by atoms with van der Waals surface area (Å²) >= 11 is 6.20. The van der Waals surface area contributed by atoms with E-state index >= 15 is 0 Å². The Morgan fingerprint density at radius 1 is 1.31 bits per heavy atom. The molecule has 0 fully saturated rings. The zero-order chi connectivity index (χ0) is 18.4. The molecule has 3 aromatic rings. The van der Waals surface area contributed by atoms with Crippen molar-refractivity contribution in [1.82, 2.24) is 14.9 Å². The van der Waals surface area contributed by atoms with E-state index in [1.807, 2.05) is 6.07 Å². The number of fused-ring (bicyclic) bond motifs is 3. The predicted octanol–water partition coefficient (Wildman–Crippen LogP) is 3.86. The number of rotatable bonds is 2. The third-order valence-electron chi connectivity index (χ3n) is 4.57. The second kappa shape index (κ2) is 6.23. The number of carboxylic acids is 1. The number of benzene rings is 2. The van der Waals surface area contributed by atoms with Crippen molar-refractivity contribution >= 4 is 17.6 Å². The summed E-state index contributed by atoms with van der Waals surface area (Å²) in [5, 5.41) is 13.3. The van der Waals surface area contributed by atoms with Crippen molar-refractivity contribution in [2.24, 2.45) is 0 Å². The van der Waals surface area contributed by atoms with Crippen LogP contribution in [0.1, 0.15) is 39.2 Å². The fraction of sp³-hybridized carbons (Fsp3) is 0.158. The molecule has 26 heavy (non-hydrogen) atoms. The minimum atomic E-state index is -1.09. The summed E-state index contributed by atoms with van der Waals surface area (Å²) in [6.07, 6.45) is 0. The molecule has 1 atom stereocenters. The molecule has 1 unspecified atom stereocenters. The van der Waals surface area contributed by atoms with Crippen LogP contribution < -0.4 is 5.32 Å². The van der Waals surface area contributed by atoms with Crippen molar-refractivity contribution in [1.29, 1.82) is 0 Å². The highest BCUT2D eigenvalue weighted by Gasteiger charge is 2.30. The second-order valence-electron chi connectivity index (χ2n) is 6.13. The lowest BCUT2D eigenvalue weighted by molar-refractivity contribution is 0.0689. The van der Waals surface area contributed by atoms with E-state index in [9.17, 15) is 14.3 Å². The fourth-order valence-electron chi connectivity index (χ4n) is 3.49. The molecular weight excluding hydrogens is 357 g/mol. The summed E-state index contributed by atoms with van der Waals surface area (Å²) in [6.45, 7) is 1.98. The van der Waals surface area contributed by atoms with Gasteiger partial charge >= 0.3 is 5.97 Å². The molecule has 0 bridgehead atoms. The quantitative estimate of drug-likeness (QED) is 0.717. The number of aromatic nitrogens is 2. The van der Waals surface area contributed by atoms with Gasteiger partial charge in [-0.15, -0.1) is 0 Å². The van der Waals surface area contributed by atoms with Gasteiger partial charge in [-0.25, -0.2) is 14.2 Å². The first-order valence-electron chi connectivity index (χ1n) is 8.06. The summed E-state index contributed by atoms with van der Waals surface area (Å²) < 4.78 is 16.3. The molecule has 0 saturated heterocycles. The van der Waals surface area contributed by atoms with Crippen LogP contribution in [0.5, 0.6) is 0 Å². The molecule has 0 radical (unpaired) electrons. The number of aromatic carboxylic acids is 1. The Bertz CT molecular complexity index is 1030. The van der Waals surface area contributed by atoms with Crippen LogP contribution >= 0.6 is 11.6 Å². The molecule has 1 aromatic heterocycles. The van der Waals surface area contributed by atoms with Crippen LogP contribution in [0.25, 0.3) is 5.69 Å². The topological polar surface area (TPSA) is 67.1 Å². The lowest BCUT2D eigenvalue weighted by atomic mass is 9.97. The number of nitrogens with one attached hydrogen (secondary N) is 1.